The van der Waals surface area contributed by atoms with Crippen LogP contribution in [0, 0.1) is 5.82 Å². The molecule has 0 bridgehead atoms. The third-order valence-corrected chi connectivity index (χ3v) is 11.3. The number of rotatable bonds is 7. The van der Waals surface area contributed by atoms with Gasteiger partial charge in [0, 0.05) is 56.4 Å². The number of amides is 1. The Bertz CT molecular complexity index is 2000. The van der Waals surface area contributed by atoms with Gasteiger partial charge in [-0.3, -0.25) is 19.2 Å². The Kier molecular flexibility index (Phi) is 9.86. The Labute approximate surface area is 298 Å². The maximum absolute atomic E-state index is 14.5. The van der Waals surface area contributed by atoms with Crippen LogP contribution in [0.5, 0.6) is 0 Å². The maximum Gasteiger partial charge on any atom is 0.407 e. The van der Waals surface area contributed by atoms with Crippen LogP contribution in [0.2, 0.25) is 0 Å². The average Bonchev–Trinajstić information content (AvgIpc) is 3.65. The number of hydrogen-bond donors (Lipinski definition) is 1. The zero-order valence-electron chi connectivity index (χ0n) is 29.9. The number of halogens is 1. The Morgan fingerprint density at radius 1 is 0.882 bits per heavy atom. The molecule has 1 aliphatic heterocycles. The predicted molar refractivity (Wildman–Crippen MR) is 197 cm³/mol. The summed E-state index contributed by atoms with van der Waals surface area (Å²) in [5.41, 5.74) is 2.07. The van der Waals surface area contributed by atoms with Crippen molar-refractivity contribution in [2.24, 2.45) is 0 Å². The fourth-order valence-electron chi connectivity index (χ4n) is 8.74. The molecule has 1 N–H and O–H groups in total. The van der Waals surface area contributed by atoms with Crippen LogP contribution in [-0.4, -0.2) is 83.8 Å². The van der Waals surface area contributed by atoms with E-state index in [1.54, 1.807) is 6.07 Å². The highest BCUT2D eigenvalue weighted by Gasteiger charge is 2.37. The molecule has 0 unspecified atom stereocenters. The minimum Gasteiger partial charge on any atom is -0.465 e. The van der Waals surface area contributed by atoms with Gasteiger partial charge in [0.05, 0.1) is 17.3 Å². The summed E-state index contributed by atoms with van der Waals surface area (Å²) in [6, 6.07) is 17.3. The van der Waals surface area contributed by atoms with E-state index in [4.69, 9.17) is 0 Å². The molecule has 1 saturated heterocycles. The summed E-state index contributed by atoms with van der Waals surface area (Å²) in [4.78, 5) is 51.2. The van der Waals surface area contributed by atoms with E-state index < -0.39 is 34.7 Å². The monoisotopic (exact) mass is 696 g/mol. The van der Waals surface area contributed by atoms with Crippen LogP contribution >= 0.6 is 0 Å². The van der Waals surface area contributed by atoms with E-state index in [1.807, 2.05) is 39.0 Å². The highest BCUT2D eigenvalue weighted by atomic mass is 19.1. The van der Waals surface area contributed by atoms with Crippen LogP contribution in [0.25, 0.3) is 27.8 Å². The summed E-state index contributed by atoms with van der Waals surface area (Å²) in [6.07, 6.45) is 7.35. The van der Waals surface area contributed by atoms with Crippen LogP contribution in [0.4, 0.5) is 9.18 Å². The summed E-state index contributed by atoms with van der Waals surface area (Å²) in [5, 5.41) is 9.96. The third-order valence-electron chi connectivity index (χ3n) is 11.3. The molecule has 51 heavy (non-hydrogen) atoms. The van der Waals surface area contributed by atoms with Crippen molar-refractivity contribution in [3.05, 3.63) is 93.0 Å². The van der Waals surface area contributed by atoms with E-state index >= 15 is 0 Å². The highest BCUT2D eigenvalue weighted by Crippen LogP contribution is 2.34. The second kappa shape index (κ2) is 14.3. The first kappa shape index (κ1) is 35.1. The lowest BCUT2D eigenvalue weighted by Crippen LogP contribution is -2.53. The highest BCUT2D eigenvalue weighted by molar-refractivity contribution is 5.76. The average molecular weight is 697 g/mol. The lowest BCUT2D eigenvalue weighted by Gasteiger charge is -2.42. The number of fused-ring (bicyclic) bond motifs is 1. The van der Waals surface area contributed by atoms with Gasteiger partial charge in [-0.1, -0.05) is 49.2 Å². The molecule has 2 aromatic carbocycles. The SMILES string of the molecule is CC(C)(C)N(C(=O)O)[C@H]1CC[C@@H](n2c(=O)c3cc(F)cnc3n(-c3cccc(-c4ccc(CN5CCN(C6CCCC6)CC5)cc4)c3)c2=O)CC1. The molecule has 7 rings (SSSR count). The van der Waals surface area contributed by atoms with E-state index in [9.17, 15) is 23.9 Å². The molecule has 0 spiro atoms. The van der Waals surface area contributed by atoms with E-state index in [-0.39, 0.29) is 17.1 Å². The Hall–Kier alpha value is -4.35. The van der Waals surface area contributed by atoms with Gasteiger partial charge in [0.2, 0.25) is 0 Å². The lowest BCUT2D eigenvalue weighted by molar-refractivity contribution is 0.0506. The minimum absolute atomic E-state index is 0.0254. The largest absolute Gasteiger partial charge is 0.465 e. The van der Waals surface area contributed by atoms with Gasteiger partial charge in [-0.15, -0.1) is 0 Å². The van der Waals surface area contributed by atoms with Crippen molar-refractivity contribution < 1.29 is 14.3 Å². The molecule has 3 fully saturated rings. The first-order valence-corrected chi connectivity index (χ1v) is 18.5. The van der Waals surface area contributed by atoms with Crippen molar-refractivity contribution >= 4 is 17.1 Å². The molecule has 2 aliphatic carbocycles. The zero-order valence-corrected chi connectivity index (χ0v) is 29.9. The molecule has 2 saturated carbocycles. The molecule has 10 nitrogen and oxygen atoms in total. The number of carboxylic acid groups (broad SMARTS) is 1. The van der Waals surface area contributed by atoms with Gasteiger partial charge in [-0.05, 0) is 94.2 Å². The molecule has 3 heterocycles. The van der Waals surface area contributed by atoms with Gasteiger partial charge >= 0.3 is 11.8 Å². The third kappa shape index (κ3) is 7.23. The molecule has 2 aromatic heterocycles. The van der Waals surface area contributed by atoms with Crippen LogP contribution in [-0.2, 0) is 6.54 Å². The number of hydrogen-bond acceptors (Lipinski definition) is 6. The van der Waals surface area contributed by atoms with Crippen LogP contribution in [0.15, 0.2) is 70.4 Å². The second-order valence-electron chi connectivity index (χ2n) is 15.6. The molecule has 0 atom stereocenters. The van der Waals surface area contributed by atoms with Gasteiger partial charge in [-0.2, -0.15) is 0 Å². The van der Waals surface area contributed by atoms with Gasteiger partial charge in [0.25, 0.3) is 5.56 Å². The fraction of sp³-hybridized carbons (Fsp3) is 0.500. The van der Waals surface area contributed by atoms with Crippen molar-refractivity contribution in [2.75, 3.05) is 26.2 Å². The molecular formula is C40H49FN6O4. The summed E-state index contributed by atoms with van der Waals surface area (Å²) < 4.78 is 17.2. The Morgan fingerprint density at radius 3 is 2.22 bits per heavy atom. The number of carbonyl (C=O) groups is 1. The normalized spacial score (nSPS) is 20.9. The van der Waals surface area contributed by atoms with E-state index in [2.05, 4.69) is 39.0 Å². The van der Waals surface area contributed by atoms with Crippen molar-refractivity contribution in [3.8, 4) is 16.8 Å². The summed E-state index contributed by atoms with van der Waals surface area (Å²) in [6.45, 7) is 11.0. The minimum atomic E-state index is -0.986. The Balaban J connectivity index is 1.14. The number of nitrogens with zero attached hydrogens (tertiary/aromatic N) is 6. The molecule has 270 valence electrons. The quantitative estimate of drug-likeness (QED) is 0.230. The fourth-order valence-corrected chi connectivity index (χ4v) is 8.74. The molecule has 1 amide bonds. The van der Waals surface area contributed by atoms with Gasteiger partial charge in [-0.25, -0.2) is 23.5 Å². The number of aromatic nitrogens is 3. The van der Waals surface area contributed by atoms with Crippen molar-refractivity contribution in [2.45, 2.75) is 102 Å². The van der Waals surface area contributed by atoms with Crippen molar-refractivity contribution in [3.63, 3.8) is 0 Å². The van der Waals surface area contributed by atoms with Crippen LogP contribution in [0.1, 0.15) is 83.7 Å². The van der Waals surface area contributed by atoms with Gasteiger partial charge in [0.1, 0.15) is 5.82 Å². The topological polar surface area (TPSA) is 104 Å². The second-order valence-corrected chi connectivity index (χ2v) is 15.6. The summed E-state index contributed by atoms with van der Waals surface area (Å²) in [5.74, 6) is -0.660. The van der Waals surface area contributed by atoms with Crippen LogP contribution in [0.3, 0.4) is 0 Å². The van der Waals surface area contributed by atoms with Crippen molar-refractivity contribution in [1.82, 2.24) is 28.8 Å². The van der Waals surface area contributed by atoms with E-state index in [0.717, 1.165) is 62.2 Å². The van der Waals surface area contributed by atoms with Gasteiger partial charge in [0.15, 0.2) is 5.65 Å². The van der Waals surface area contributed by atoms with Gasteiger partial charge < -0.3 is 10.0 Å². The van der Waals surface area contributed by atoms with Crippen molar-refractivity contribution in [1.29, 1.82) is 0 Å². The molecule has 0 radical (unpaired) electrons. The lowest BCUT2D eigenvalue weighted by atomic mass is 9.88. The molecular weight excluding hydrogens is 647 g/mol. The predicted octanol–water partition coefficient (Wildman–Crippen LogP) is 6.68. The number of benzene rings is 2. The summed E-state index contributed by atoms with van der Waals surface area (Å²) in [7, 11) is 0. The van der Waals surface area contributed by atoms with Crippen LogP contribution < -0.4 is 11.2 Å². The first-order chi connectivity index (χ1) is 24.5. The zero-order chi connectivity index (χ0) is 35.9. The molecule has 3 aliphatic rings. The molecule has 11 heteroatoms. The van der Waals surface area contributed by atoms with E-state index in [0.29, 0.717) is 31.4 Å². The first-order valence-electron chi connectivity index (χ1n) is 18.5. The summed E-state index contributed by atoms with van der Waals surface area (Å²) >= 11 is 0. The van der Waals surface area contributed by atoms with E-state index in [1.165, 1.54) is 45.3 Å². The number of piperazine rings is 1. The number of pyridine rings is 1. The molecule has 4 aromatic rings. The smallest absolute Gasteiger partial charge is 0.407 e. The standard InChI is InChI=1S/C40H49FN6O4/c1-40(2,3)47(39(50)51)33-17-15-32(16-18-33)46-37(48)35-24-30(41)25-42-36(35)45(38(46)49)34-10-6-7-29(23-34)28-13-11-27(12-14-28)26-43-19-21-44(22-20-43)31-8-4-5-9-31/h6-7,10-14,23-25,31-33H,4-5,8-9,15-22,26H2,1-3H3,(H,50,51)/t32-,33+. The maximum atomic E-state index is 14.5. The Morgan fingerprint density at radius 2 is 1.57 bits per heavy atom.